The molecule has 1 amide bonds. The molecule has 1 aliphatic rings. The van der Waals surface area contributed by atoms with Gasteiger partial charge < -0.3 is 10.7 Å². The number of aromatic nitrogens is 3. The Morgan fingerprint density at radius 2 is 2.15 bits per heavy atom. The lowest BCUT2D eigenvalue weighted by molar-refractivity contribution is -0.120. The van der Waals surface area contributed by atoms with Crippen LogP contribution in [-0.2, 0) is 11.2 Å². The van der Waals surface area contributed by atoms with Gasteiger partial charge in [0.25, 0.3) is 0 Å². The van der Waals surface area contributed by atoms with Gasteiger partial charge in [-0.3, -0.25) is 23.9 Å². The number of carbonyl (C=O) groups is 1. The summed E-state index contributed by atoms with van der Waals surface area (Å²) in [5.41, 5.74) is 6.87. The van der Waals surface area contributed by atoms with Crippen LogP contribution in [0.15, 0.2) is 50.6 Å². The van der Waals surface area contributed by atoms with E-state index in [0.717, 1.165) is 10.0 Å². The van der Waals surface area contributed by atoms with Gasteiger partial charge in [0.15, 0.2) is 0 Å². The Balaban J connectivity index is 2.03. The molecule has 2 unspecified atom stereocenters. The highest BCUT2D eigenvalue weighted by Gasteiger charge is 2.35. The number of aromatic amines is 1. The highest BCUT2D eigenvalue weighted by atomic mass is 79.9. The van der Waals surface area contributed by atoms with Crippen LogP contribution >= 0.6 is 15.9 Å². The number of nitrogens with zero attached hydrogens (tertiary/aromatic N) is 2. The summed E-state index contributed by atoms with van der Waals surface area (Å²) in [6, 6.07) is 8.33. The zero-order valence-electron chi connectivity index (χ0n) is 13.6. The van der Waals surface area contributed by atoms with E-state index in [1.165, 1.54) is 4.57 Å². The van der Waals surface area contributed by atoms with Gasteiger partial charge in [0.2, 0.25) is 5.91 Å². The first-order chi connectivity index (χ1) is 12.5. The van der Waals surface area contributed by atoms with Crippen molar-refractivity contribution in [2.24, 2.45) is 5.73 Å². The molecule has 3 N–H and O–H groups in total. The van der Waals surface area contributed by atoms with Crippen molar-refractivity contribution in [1.82, 2.24) is 14.5 Å². The number of primary amides is 1. The van der Waals surface area contributed by atoms with Crippen LogP contribution in [0.5, 0.6) is 0 Å². The van der Waals surface area contributed by atoms with Gasteiger partial charge in [-0.25, -0.2) is 0 Å². The third-order valence-corrected chi connectivity index (χ3v) is 5.25. The Morgan fingerprint density at radius 3 is 2.85 bits per heavy atom. The first kappa shape index (κ1) is 16.7. The van der Waals surface area contributed by atoms with Gasteiger partial charge in [-0.1, -0.05) is 22.0 Å². The molecule has 1 aliphatic heterocycles. The SMILES string of the molecule is NC(=O)C(c1ccccn1)C1CCc2cc(Br)cc3[nH]c(=O)c(=O)n1c23. The fourth-order valence-corrected chi connectivity index (χ4v) is 4.28. The molecule has 0 radical (unpaired) electrons. The van der Waals surface area contributed by atoms with E-state index in [-0.39, 0.29) is 0 Å². The number of rotatable bonds is 3. The molecule has 0 saturated carbocycles. The van der Waals surface area contributed by atoms with Crippen molar-refractivity contribution in [3.8, 4) is 0 Å². The molecular weight excluding hydrogens is 400 g/mol. The highest BCUT2D eigenvalue weighted by Crippen LogP contribution is 2.37. The van der Waals surface area contributed by atoms with E-state index >= 15 is 0 Å². The predicted octanol–water partition coefficient (Wildman–Crippen LogP) is 1.60. The molecule has 2 atom stereocenters. The molecule has 0 bridgehead atoms. The Kier molecular flexibility index (Phi) is 3.99. The average Bonchev–Trinajstić information content (AvgIpc) is 2.61. The molecule has 4 rings (SSSR count). The van der Waals surface area contributed by atoms with Crippen molar-refractivity contribution >= 4 is 32.9 Å². The van der Waals surface area contributed by atoms with Crippen LogP contribution in [-0.4, -0.2) is 20.4 Å². The van der Waals surface area contributed by atoms with Gasteiger partial charge >= 0.3 is 11.1 Å². The molecule has 0 fully saturated rings. The summed E-state index contributed by atoms with van der Waals surface area (Å²) in [6.07, 6.45) is 2.74. The van der Waals surface area contributed by atoms with Crippen LogP contribution < -0.4 is 16.9 Å². The van der Waals surface area contributed by atoms with Crippen LogP contribution in [0.2, 0.25) is 0 Å². The van der Waals surface area contributed by atoms with Crippen molar-refractivity contribution in [2.75, 3.05) is 0 Å². The standard InChI is InChI=1S/C18H15BrN4O3/c19-10-7-9-4-5-13(14(16(20)24)11-3-1-2-6-21-11)23-15(9)12(8-10)22-17(25)18(23)26/h1-3,6-8,13-14H,4-5H2,(H2,20,24)(H,22,25). The van der Waals surface area contributed by atoms with E-state index in [0.29, 0.717) is 29.6 Å². The van der Waals surface area contributed by atoms with Gasteiger partial charge in [0, 0.05) is 10.7 Å². The summed E-state index contributed by atoms with van der Waals surface area (Å²) in [6.45, 7) is 0. The molecule has 0 saturated heterocycles. The van der Waals surface area contributed by atoms with Crippen molar-refractivity contribution in [2.45, 2.75) is 24.8 Å². The van der Waals surface area contributed by atoms with E-state index < -0.39 is 29.0 Å². The summed E-state index contributed by atoms with van der Waals surface area (Å²) in [7, 11) is 0. The Hall–Kier alpha value is -2.74. The summed E-state index contributed by atoms with van der Waals surface area (Å²) >= 11 is 3.43. The molecule has 2 aromatic heterocycles. The maximum Gasteiger partial charge on any atom is 0.317 e. The monoisotopic (exact) mass is 414 g/mol. The maximum absolute atomic E-state index is 12.7. The van der Waals surface area contributed by atoms with E-state index in [9.17, 15) is 14.4 Å². The second-order valence-corrected chi connectivity index (χ2v) is 7.25. The number of carbonyl (C=O) groups excluding carboxylic acids is 1. The minimum absolute atomic E-state index is 0.492. The quantitative estimate of drug-likeness (QED) is 0.633. The normalized spacial score (nSPS) is 17.2. The summed E-state index contributed by atoms with van der Waals surface area (Å²) in [4.78, 5) is 44.0. The van der Waals surface area contributed by atoms with Gasteiger partial charge in [0.05, 0.1) is 22.8 Å². The van der Waals surface area contributed by atoms with Crippen LogP contribution in [0, 0.1) is 0 Å². The largest absolute Gasteiger partial charge is 0.369 e. The first-order valence-corrected chi connectivity index (χ1v) is 8.94. The lowest BCUT2D eigenvalue weighted by Gasteiger charge is -2.31. The molecule has 7 nitrogen and oxygen atoms in total. The second-order valence-electron chi connectivity index (χ2n) is 6.33. The molecular formula is C18H15BrN4O3. The fraction of sp³-hybridized carbons (Fsp3) is 0.222. The molecule has 26 heavy (non-hydrogen) atoms. The predicted molar refractivity (Wildman–Crippen MR) is 100 cm³/mol. The van der Waals surface area contributed by atoms with Crippen molar-refractivity contribution in [3.63, 3.8) is 0 Å². The number of halogens is 1. The molecule has 3 aromatic rings. The van der Waals surface area contributed by atoms with E-state index in [1.807, 2.05) is 6.07 Å². The van der Waals surface area contributed by atoms with Gasteiger partial charge in [-0.05, 0) is 42.7 Å². The number of nitrogens with two attached hydrogens (primary N) is 1. The fourth-order valence-electron chi connectivity index (χ4n) is 3.77. The molecule has 1 aromatic carbocycles. The van der Waals surface area contributed by atoms with Crippen molar-refractivity contribution in [3.05, 3.63) is 73.0 Å². The Morgan fingerprint density at radius 1 is 1.35 bits per heavy atom. The lowest BCUT2D eigenvalue weighted by atomic mass is 9.86. The van der Waals surface area contributed by atoms with E-state index in [4.69, 9.17) is 5.73 Å². The van der Waals surface area contributed by atoms with E-state index in [2.05, 4.69) is 25.9 Å². The third kappa shape index (κ3) is 2.57. The Bertz CT molecular complexity index is 1140. The van der Waals surface area contributed by atoms with Gasteiger partial charge in [0.1, 0.15) is 5.92 Å². The third-order valence-electron chi connectivity index (χ3n) is 4.79. The number of hydrogen-bond donors (Lipinski definition) is 2. The zero-order chi connectivity index (χ0) is 18.4. The molecule has 0 spiro atoms. The number of aryl methyl sites for hydroxylation is 1. The molecule has 0 aliphatic carbocycles. The Labute approximate surface area is 156 Å². The number of H-pyrrole nitrogens is 1. The van der Waals surface area contributed by atoms with Crippen LogP contribution in [0.1, 0.15) is 29.6 Å². The number of amides is 1. The summed E-state index contributed by atoms with van der Waals surface area (Å²) in [5, 5.41) is 0. The number of pyridine rings is 1. The second kappa shape index (κ2) is 6.21. The van der Waals surface area contributed by atoms with Crippen LogP contribution in [0.3, 0.4) is 0 Å². The van der Waals surface area contributed by atoms with Gasteiger partial charge in [-0.15, -0.1) is 0 Å². The first-order valence-electron chi connectivity index (χ1n) is 8.14. The highest BCUT2D eigenvalue weighted by molar-refractivity contribution is 9.10. The van der Waals surface area contributed by atoms with Crippen LogP contribution in [0.4, 0.5) is 0 Å². The van der Waals surface area contributed by atoms with Crippen molar-refractivity contribution < 1.29 is 4.79 Å². The van der Waals surface area contributed by atoms with E-state index in [1.54, 1.807) is 30.5 Å². The minimum atomic E-state index is -0.796. The molecule has 3 heterocycles. The maximum atomic E-state index is 12.7. The molecule has 132 valence electrons. The topological polar surface area (TPSA) is 111 Å². The summed E-state index contributed by atoms with van der Waals surface area (Å²) in [5.74, 6) is -1.37. The molecule has 8 heteroatoms. The van der Waals surface area contributed by atoms with Gasteiger partial charge in [-0.2, -0.15) is 0 Å². The lowest BCUT2D eigenvalue weighted by Crippen LogP contribution is -2.44. The smallest absolute Gasteiger partial charge is 0.317 e. The zero-order valence-corrected chi connectivity index (χ0v) is 15.2. The number of benzene rings is 1. The number of hydrogen-bond acceptors (Lipinski definition) is 4. The van der Waals surface area contributed by atoms with Crippen molar-refractivity contribution in [1.29, 1.82) is 0 Å². The van der Waals surface area contributed by atoms with Crippen LogP contribution in [0.25, 0.3) is 11.0 Å². The summed E-state index contributed by atoms with van der Waals surface area (Å²) < 4.78 is 2.24. The minimum Gasteiger partial charge on any atom is -0.369 e. The average molecular weight is 415 g/mol. The number of nitrogens with one attached hydrogen (secondary N) is 1.